The van der Waals surface area contributed by atoms with Gasteiger partial charge in [0.2, 0.25) is 10.0 Å². The Morgan fingerprint density at radius 2 is 1.81 bits per heavy atom. The fourth-order valence-electron chi connectivity index (χ4n) is 3.15. The molecule has 3 N–H and O–H groups in total. The second-order valence-corrected chi connectivity index (χ2v) is 8.01. The molecule has 0 amide bonds. The maximum absolute atomic E-state index is 12.5. The summed E-state index contributed by atoms with van der Waals surface area (Å²) in [6.07, 6.45) is 4.97. The molecule has 0 saturated heterocycles. The maximum atomic E-state index is 12.5. The fraction of sp³-hybridized carbons (Fsp3) is 0.625. The van der Waals surface area contributed by atoms with Crippen molar-refractivity contribution < 1.29 is 8.42 Å². The lowest BCUT2D eigenvalue weighted by Crippen LogP contribution is -2.55. The van der Waals surface area contributed by atoms with Crippen LogP contribution in [0.1, 0.15) is 50.5 Å². The molecule has 1 aliphatic carbocycles. The Balaban J connectivity index is 2.04. The summed E-state index contributed by atoms with van der Waals surface area (Å²) in [6, 6.07) is 9.76. The van der Waals surface area contributed by atoms with Crippen LogP contribution in [-0.2, 0) is 10.0 Å². The van der Waals surface area contributed by atoms with E-state index in [1.807, 2.05) is 37.3 Å². The first-order valence-corrected chi connectivity index (χ1v) is 9.38. The molecule has 1 aliphatic rings. The van der Waals surface area contributed by atoms with Gasteiger partial charge in [-0.05, 0) is 24.3 Å². The van der Waals surface area contributed by atoms with Gasteiger partial charge in [0.05, 0.1) is 5.75 Å². The summed E-state index contributed by atoms with van der Waals surface area (Å²) in [5, 5.41) is 0. The first-order chi connectivity index (χ1) is 9.96. The molecule has 2 rings (SSSR count). The summed E-state index contributed by atoms with van der Waals surface area (Å²) in [7, 11) is -3.33. The Bertz CT molecular complexity index is 537. The minimum absolute atomic E-state index is 0.0258. The predicted molar refractivity (Wildman–Crippen MR) is 86.6 cm³/mol. The first-order valence-electron chi connectivity index (χ1n) is 7.73. The number of rotatable bonds is 6. The minimum atomic E-state index is -3.33. The highest BCUT2D eigenvalue weighted by Gasteiger charge is 2.35. The van der Waals surface area contributed by atoms with Gasteiger partial charge in [-0.25, -0.2) is 13.1 Å². The largest absolute Gasteiger partial charge is 0.329 e. The van der Waals surface area contributed by atoms with Gasteiger partial charge in [0.1, 0.15) is 0 Å². The van der Waals surface area contributed by atoms with E-state index in [9.17, 15) is 8.42 Å². The highest BCUT2D eigenvalue weighted by molar-refractivity contribution is 7.89. The van der Waals surface area contributed by atoms with Gasteiger partial charge in [0, 0.05) is 12.1 Å². The standard InChI is InChI=1S/C16H26N2O2S/c1-14(15-8-4-2-5-9-15)12-21(19,20)18-16(13-17)10-6-3-7-11-16/h2,4-5,8-9,14,18H,3,6-7,10-13,17H2,1H3. The van der Waals surface area contributed by atoms with Crippen LogP contribution in [0.3, 0.4) is 0 Å². The molecule has 0 radical (unpaired) electrons. The van der Waals surface area contributed by atoms with Crippen molar-refractivity contribution >= 4 is 10.0 Å². The maximum Gasteiger partial charge on any atom is 0.212 e. The summed E-state index contributed by atoms with van der Waals surface area (Å²) in [5.74, 6) is 0.0841. The van der Waals surface area contributed by atoms with E-state index >= 15 is 0 Å². The van der Waals surface area contributed by atoms with Crippen molar-refractivity contribution in [1.82, 2.24) is 4.72 Å². The number of benzene rings is 1. The molecule has 0 heterocycles. The molecule has 0 aromatic heterocycles. The van der Waals surface area contributed by atoms with Crippen molar-refractivity contribution in [2.24, 2.45) is 5.73 Å². The summed E-state index contributed by atoms with van der Waals surface area (Å²) >= 11 is 0. The Hall–Kier alpha value is -0.910. The van der Waals surface area contributed by atoms with Gasteiger partial charge in [0.25, 0.3) is 0 Å². The molecular weight excluding hydrogens is 284 g/mol. The number of nitrogens with two attached hydrogens (primary N) is 1. The van der Waals surface area contributed by atoms with Crippen LogP contribution in [0.2, 0.25) is 0 Å². The third-order valence-electron chi connectivity index (χ3n) is 4.41. The average molecular weight is 310 g/mol. The lowest BCUT2D eigenvalue weighted by molar-refractivity contribution is 0.276. The summed E-state index contributed by atoms with van der Waals surface area (Å²) in [6.45, 7) is 2.33. The normalized spacial score (nSPS) is 20.1. The van der Waals surface area contributed by atoms with Crippen molar-refractivity contribution in [3.63, 3.8) is 0 Å². The second-order valence-electron chi connectivity index (χ2n) is 6.24. The van der Waals surface area contributed by atoms with E-state index in [1.165, 1.54) is 6.42 Å². The van der Waals surface area contributed by atoms with E-state index in [-0.39, 0.29) is 11.7 Å². The number of hydrogen-bond donors (Lipinski definition) is 2. The quantitative estimate of drug-likeness (QED) is 0.847. The Kier molecular flexibility index (Phi) is 5.41. The molecule has 0 bridgehead atoms. The average Bonchev–Trinajstić information content (AvgIpc) is 2.48. The van der Waals surface area contributed by atoms with E-state index in [0.29, 0.717) is 6.54 Å². The summed E-state index contributed by atoms with van der Waals surface area (Å²) in [5.41, 5.74) is 6.49. The zero-order chi connectivity index (χ0) is 15.3. The molecule has 4 nitrogen and oxygen atoms in total. The van der Waals surface area contributed by atoms with Gasteiger partial charge < -0.3 is 5.73 Å². The van der Waals surface area contributed by atoms with E-state index in [1.54, 1.807) is 0 Å². The second kappa shape index (κ2) is 6.90. The molecule has 1 atom stereocenters. The fourth-order valence-corrected chi connectivity index (χ4v) is 5.04. The summed E-state index contributed by atoms with van der Waals surface area (Å²) in [4.78, 5) is 0. The van der Waals surface area contributed by atoms with Gasteiger partial charge >= 0.3 is 0 Å². The predicted octanol–water partition coefficient (Wildman–Crippen LogP) is 2.37. The molecule has 21 heavy (non-hydrogen) atoms. The van der Waals surface area contributed by atoms with E-state index in [2.05, 4.69) is 4.72 Å². The van der Waals surface area contributed by atoms with Crippen LogP contribution in [0.4, 0.5) is 0 Å². The number of nitrogens with one attached hydrogen (secondary N) is 1. The van der Waals surface area contributed by atoms with Crippen LogP contribution >= 0.6 is 0 Å². The molecule has 1 saturated carbocycles. The monoisotopic (exact) mass is 310 g/mol. The highest BCUT2D eigenvalue weighted by atomic mass is 32.2. The summed E-state index contributed by atoms with van der Waals surface area (Å²) < 4.78 is 27.9. The van der Waals surface area contributed by atoms with E-state index in [4.69, 9.17) is 5.73 Å². The van der Waals surface area contributed by atoms with Crippen molar-refractivity contribution in [1.29, 1.82) is 0 Å². The molecule has 0 spiro atoms. The lowest BCUT2D eigenvalue weighted by Gasteiger charge is -2.37. The van der Waals surface area contributed by atoms with Crippen molar-refractivity contribution in [3.05, 3.63) is 35.9 Å². The third kappa shape index (κ3) is 4.53. The molecule has 1 fully saturated rings. The van der Waals surface area contributed by atoms with Crippen LogP contribution in [0.5, 0.6) is 0 Å². The molecule has 5 heteroatoms. The van der Waals surface area contributed by atoms with Crippen molar-refractivity contribution in [2.75, 3.05) is 12.3 Å². The van der Waals surface area contributed by atoms with Crippen molar-refractivity contribution in [2.45, 2.75) is 50.5 Å². The Morgan fingerprint density at radius 3 is 2.38 bits per heavy atom. The first kappa shape index (κ1) is 16.5. The van der Waals surface area contributed by atoms with E-state index < -0.39 is 15.6 Å². The highest BCUT2D eigenvalue weighted by Crippen LogP contribution is 2.28. The zero-order valence-electron chi connectivity index (χ0n) is 12.7. The molecule has 1 unspecified atom stereocenters. The van der Waals surface area contributed by atoms with Crippen LogP contribution in [0.25, 0.3) is 0 Å². The van der Waals surface area contributed by atoms with Crippen LogP contribution in [0.15, 0.2) is 30.3 Å². The lowest BCUT2D eigenvalue weighted by atomic mass is 9.83. The van der Waals surface area contributed by atoms with Gasteiger partial charge in [0.15, 0.2) is 0 Å². The van der Waals surface area contributed by atoms with Gasteiger partial charge in [-0.1, -0.05) is 56.5 Å². The Morgan fingerprint density at radius 1 is 1.19 bits per heavy atom. The van der Waals surface area contributed by atoms with Gasteiger partial charge in [-0.15, -0.1) is 0 Å². The van der Waals surface area contributed by atoms with Crippen LogP contribution in [0, 0.1) is 0 Å². The topological polar surface area (TPSA) is 72.2 Å². The molecule has 1 aromatic carbocycles. The minimum Gasteiger partial charge on any atom is -0.329 e. The molecule has 0 aliphatic heterocycles. The van der Waals surface area contributed by atoms with Crippen LogP contribution in [-0.4, -0.2) is 26.3 Å². The molecular formula is C16H26N2O2S. The Labute approximate surface area is 128 Å². The zero-order valence-corrected chi connectivity index (χ0v) is 13.5. The van der Waals surface area contributed by atoms with E-state index in [0.717, 1.165) is 31.2 Å². The third-order valence-corrected chi connectivity index (χ3v) is 6.09. The van der Waals surface area contributed by atoms with Gasteiger partial charge in [-0.2, -0.15) is 0 Å². The van der Waals surface area contributed by atoms with Crippen LogP contribution < -0.4 is 10.5 Å². The number of hydrogen-bond acceptors (Lipinski definition) is 3. The van der Waals surface area contributed by atoms with Crippen molar-refractivity contribution in [3.8, 4) is 0 Å². The SMILES string of the molecule is CC(CS(=O)(=O)NC1(CN)CCCCC1)c1ccccc1. The molecule has 118 valence electrons. The molecule has 1 aromatic rings. The smallest absolute Gasteiger partial charge is 0.212 e. The van der Waals surface area contributed by atoms with Gasteiger partial charge in [-0.3, -0.25) is 0 Å². The number of sulfonamides is 1.